The fraction of sp³-hybridized carbons (Fsp3) is 0.421. The zero-order chi connectivity index (χ0) is 20.5. The average Bonchev–Trinajstić information content (AvgIpc) is 2.58. The Labute approximate surface area is 160 Å². The van der Waals surface area contributed by atoms with Gasteiger partial charge in [0.2, 0.25) is 0 Å². The number of rotatable bonds is 3. The predicted molar refractivity (Wildman–Crippen MR) is 108 cm³/mol. The van der Waals surface area contributed by atoms with Crippen LogP contribution in [-0.2, 0) is 9.53 Å². The van der Waals surface area contributed by atoms with Gasteiger partial charge in [-0.2, -0.15) is 0 Å². The van der Waals surface area contributed by atoms with E-state index in [1.54, 1.807) is 20.8 Å². The second-order valence-corrected chi connectivity index (χ2v) is 6.18. The van der Waals surface area contributed by atoms with Gasteiger partial charge in [-0.3, -0.25) is 4.79 Å². The molecule has 0 unspecified atom stereocenters. The molecule has 0 spiro atoms. The summed E-state index contributed by atoms with van der Waals surface area (Å²) in [6.45, 7) is 11.1. The summed E-state index contributed by atoms with van der Waals surface area (Å²) in [4.78, 5) is 21.5. The number of Topliss-reactive ketones (excluding diaryl/α,β-unsaturated/α-hetero) is 1. The lowest BCUT2D eigenvalue weighted by Gasteiger charge is -2.19. The van der Waals surface area contributed by atoms with Crippen molar-refractivity contribution in [2.45, 2.75) is 47.1 Å². The van der Waals surface area contributed by atoms with E-state index in [0.29, 0.717) is 6.21 Å². The molecule has 5 nitrogen and oxygen atoms in total. The van der Waals surface area contributed by atoms with Gasteiger partial charge in [0.05, 0.1) is 12.8 Å². The van der Waals surface area contributed by atoms with Crippen LogP contribution in [0.15, 0.2) is 28.7 Å². The van der Waals surface area contributed by atoms with Crippen LogP contribution in [0.25, 0.3) is 0 Å². The van der Waals surface area contributed by atoms with Crippen molar-refractivity contribution >= 4 is 34.0 Å². The largest absolute Gasteiger partial charge is 0.444 e. The van der Waals surface area contributed by atoms with Gasteiger partial charge in [0.1, 0.15) is 5.60 Å². The monoisotopic (exact) mass is 412 g/mol. The van der Waals surface area contributed by atoms with Gasteiger partial charge in [-0.15, -0.1) is 12.8 Å². The van der Waals surface area contributed by atoms with E-state index < -0.39 is 17.5 Å². The third kappa shape index (κ3) is 21.9. The molecule has 0 saturated heterocycles. The van der Waals surface area contributed by atoms with Crippen LogP contribution in [0, 0.1) is 25.2 Å². The van der Waals surface area contributed by atoms with Gasteiger partial charge in [-0.1, -0.05) is 47.5 Å². The molecular formula is C19H29BrN2O3. The number of alkyl carbamates (subject to hydrolysis) is 1. The minimum absolute atomic E-state index is 0.196. The topological polar surface area (TPSA) is 79.2 Å². The highest BCUT2D eigenvalue weighted by molar-refractivity contribution is 9.10. The van der Waals surface area contributed by atoms with Gasteiger partial charge in [0.15, 0.2) is 5.78 Å². The number of carbonyl (C=O) groups excluding carboxylic acids is 2. The van der Waals surface area contributed by atoms with Gasteiger partial charge < -0.3 is 15.5 Å². The van der Waals surface area contributed by atoms with Crippen LogP contribution in [-0.4, -0.2) is 30.2 Å². The van der Waals surface area contributed by atoms with E-state index in [1.807, 2.05) is 26.0 Å². The minimum atomic E-state index is -0.650. The third-order valence-electron chi connectivity index (χ3n) is 1.98. The smallest absolute Gasteiger partial charge is 0.408 e. The molecule has 0 saturated carbocycles. The molecule has 0 fully saturated rings. The summed E-state index contributed by atoms with van der Waals surface area (Å²) in [7, 11) is 0. The Bertz CT molecular complexity index is 497. The van der Waals surface area contributed by atoms with Gasteiger partial charge in [0, 0.05) is 4.47 Å². The summed E-state index contributed by atoms with van der Waals surface area (Å²) in [5, 5.41) is 8.79. The molecular weight excluding hydrogens is 384 g/mol. The van der Waals surface area contributed by atoms with Gasteiger partial charge in [-0.05, 0) is 39.8 Å². The van der Waals surface area contributed by atoms with Crippen LogP contribution in [0.5, 0.6) is 0 Å². The maximum absolute atomic E-state index is 10.9. The van der Waals surface area contributed by atoms with E-state index in [2.05, 4.69) is 53.1 Å². The van der Waals surface area contributed by atoms with Crippen LogP contribution >= 0.6 is 15.9 Å². The highest BCUT2D eigenvalue weighted by Gasteiger charge is 2.15. The first kappa shape index (κ1) is 27.7. The van der Waals surface area contributed by atoms with Crippen molar-refractivity contribution in [1.29, 1.82) is 5.41 Å². The molecule has 140 valence electrons. The molecule has 2 N–H and O–H groups in total. The predicted octanol–water partition coefficient (Wildman–Crippen LogP) is 4.76. The number of carbonyl (C=O) groups is 2. The number of halogens is 1. The van der Waals surface area contributed by atoms with Crippen LogP contribution < -0.4 is 5.32 Å². The quantitative estimate of drug-likeness (QED) is 0.554. The van der Waals surface area contributed by atoms with E-state index in [-0.39, 0.29) is 6.54 Å². The number of nitrogens with one attached hydrogen (secondary N) is 2. The maximum Gasteiger partial charge on any atom is 0.408 e. The number of hydrogen-bond acceptors (Lipinski definition) is 4. The van der Waals surface area contributed by atoms with Crippen LogP contribution in [0.2, 0.25) is 0 Å². The Morgan fingerprint density at radius 1 is 1.20 bits per heavy atom. The number of hydrogen-bond donors (Lipinski definition) is 2. The average molecular weight is 413 g/mol. The van der Waals surface area contributed by atoms with Gasteiger partial charge in [0.25, 0.3) is 0 Å². The molecule has 1 aromatic rings. The molecule has 1 aromatic carbocycles. The summed E-state index contributed by atoms with van der Waals surface area (Å²) < 4.78 is 6.00. The lowest BCUT2D eigenvalue weighted by Crippen LogP contribution is -2.35. The molecule has 0 bridgehead atoms. The van der Waals surface area contributed by atoms with Gasteiger partial charge in [-0.25, -0.2) is 4.79 Å². The van der Waals surface area contributed by atoms with Gasteiger partial charge >= 0.3 is 6.09 Å². The van der Waals surface area contributed by atoms with Crippen molar-refractivity contribution in [2.75, 3.05) is 6.54 Å². The fourth-order valence-corrected chi connectivity index (χ4v) is 1.32. The summed E-state index contributed by atoms with van der Waals surface area (Å²) in [5.74, 6) is -0.467. The maximum atomic E-state index is 10.9. The Balaban J connectivity index is -0.000000343. The summed E-state index contributed by atoms with van der Waals surface area (Å²) in [6.07, 6.45) is 8.00. The summed E-state index contributed by atoms with van der Waals surface area (Å²) in [5.41, 5.74) is 0.728. The molecule has 6 heteroatoms. The zero-order valence-corrected chi connectivity index (χ0v) is 17.4. The van der Waals surface area contributed by atoms with Crippen LogP contribution in [0.3, 0.4) is 0 Å². The molecule has 0 aliphatic heterocycles. The normalized spacial score (nSPS) is 8.68. The Hall–Kier alpha value is -2.13. The minimum Gasteiger partial charge on any atom is -0.444 e. The zero-order valence-electron chi connectivity index (χ0n) is 15.9. The second kappa shape index (κ2) is 16.7. The van der Waals surface area contributed by atoms with Crippen molar-refractivity contribution in [2.24, 2.45) is 0 Å². The van der Waals surface area contributed by atoms with E-state index in [1.165, 1.54) is 5.56 Å². The molecule has 25 heavy (non-hydrogen) atoms. The van der Waals surface area contributed by atoms with Crippen molar-refractivity contribution in [1.82, 2.24) is 5.32 Å². The molecule has 0 aromatic heterocycles. The first-order valence-corrected chi connectivity index (χ1v) is 8.49. The first-order chi connectivity index (χ1) is 11.6. The van der Waals surface area contributed by atoms with E-state index >= 15 is 0 Å². The van der Waals surface area contributed by atoms with Crippen molar-refractivity contribution in [3.63, 3.8) is 0 Å². The lowest BCUT2D eigenvalue weighted by atomic mass is 10.2. The Kier molecular flexibility index (Phi) is 18.5. The number of terminal acetylenes is 1. The summed E-state index contributed by atoms with van der Waals surface area (Å²) >= 11 is 3.35. The Morgan fingerprint density at radius 3 is 1.96 bits per heavy atom. The second-order valence-electron chi connectivity index (χ2n) is 5.26. The third-order valence-corrected chi connectivity index (χ3v) is 2.51. The number of benzene rings is 1. The number of ether oxygens (including phenoxy) is 1. The van der Waals surface area contributed by atoms with E-state index in [9.17, 15) is 9.59 Å². The van der Waals surface area contributed by atoms with Crippen molar-refractivity contribution < 1.29 is 14.3 Å². The number of aryl methyl sites for hydroxylation is 1. The molecule has 0 heterocycles. The number of amides is 1. The van der Waals surface area contributed by atoms with Crippen molar-refractivity contribution in [3.8, 4) is 12.8 Å². The molecule has 0 aliphatic carbocycles. The first-order valence-electron chi connectivity index (χ1n) is 7.69. The Morgan fingerprint density at radius 2 is 1.64 bits per heavy atom. The van der Waals surface area contributed by atoms with E-state index in [0.717, 1.165) is 4.47 Å². The standard InChI is InChI=1S/C8H14N2O3.C7H7Br.C2H6.C2H2/c1-8(2,3)13-7(12)10-5-6(11)4-9;1-6-2-4-7(8)5-3-6;2*1-2/h4,9H,5H2,1-3H3,(H,10,12);2-5H,1H3;1-2H3;1-2H. The molecule has 0 aliphatic rings. The molecule has 0 radical (unpaired) electrons. The van der Waals surface area contributed by atoms with Crippen LogP contribution in [0.4, 0.5) is 4.79 Å². The number of ketones is 1. The fourth-order valence-electron chi connectivity index (χ4n) is 1.06. The SMILES string of the molecule is C#C.CC.CC(C)(C)OC(=O)NCC(=O)C=N.Cc1ccc(Br)cc1. The molecule has 1 rings (SSSR count). The van der Waals surface area contributed by atoms with E-state index in [4.69, 9.17) is 10.1 Å². The van der Waals surface area contributed by atoms with Crippen molar-refractivity contribution in [3.05, 3.63) is 34.3 Å². The molecule has 1 amide bonds. The highest BCUT2D eigenvalue weighted by atomic mass is 79.9. The van der Waals surface area contributed by atoms with Crippen LogP contribution in [0.1, 0.15) is 40.2 Å². The summed E-state index contributed by atoms with van der Waals surface area (Å²) in [6, 6.07) is 8.22. The highest BCUT2D eigenvalue weighted by Crippen LogP contribution is 2.08. The lowest BCUT2D eigenvalue weighted by molar-refractivity contribution is -0.111. The molecule has 0 atom stereocenters.